The first-order chi connectivity index (χ1) is 8.56. The molecular formula is C13H22N2O3. The van der Waals surface area contributed by atoms with Crippen molar-refractivity contribution in [1.82, 2.24) is 10.3 Å². The van der Waals surface area contributed by atoms with Crippen LogP contribution >= 0.6 is 0 Å². The molecule has 0 amide bonds. The molecule has 1 heterocycles. The minimum atomic E-state index is -0.373. The largest absolute Gasteiger partial charge is 0.464 e. The van der Waals surface area contributed by atoms with Crippen LogP contribution in [-0.2, 0) is 11.3 Å². The summed E-state index contributed by atoms with van der Waals surface area (Å²) < 4.78 is 4.62. The average molecular weight is 254 g/mol. The van der Waals surface area contributed by atoms with Crippen LogP contribution in [-0.4, -0.2) is 35.8 Å². The second-order valence-corrected chi connectivity index (χ2v) is 4.80. The minimum absolute atomic E-state index is 0.0847. The number of H-pyrrole nitrogens is 1. The van der Waals surface area contributed by atoms with Crippen LogP contribution < -0.4 is 5.32 Å². The van der Waals surface area contributed by atoms with Crippen molar-refractivity contribution in [1.29, 1.82) is 0 Å². The predicted molar refractivity (Wildman–Crippen MR) is 69.3 cm³/mol. The molecule has 1 unspecified atom stereocenters. The first-order valence-corrected chi connectivity index (χ1v) is 6.16. The number of aliphatic hydroxyl groups is 1. The first kappa shape index (κ1) is 14.7. The smallest absolute Gasteiger partial charge is 0.354 e. The lowest BCUT2D eigenvalue weighted by Crippen LogP contribution is -2.33. The predicted octanol–water partition coefficient (Wildman–Crippen LogP) is 1.30. The maximum absolute atomic E-state index is 11.3. The third kappa shape index (κ3) is 4.50. The average Bonchev–Trinajstić information content (AvgIpc) is 2.81. The number of hydrogen-bond acceptors (Lipinski definition) is 4. The fourth-order valence-electron chi connectivity index (χ4n) is 1.82. The van der Waals surface area contributed by atoms with Gasteiger partial charge in [-0.05, 0) is 24.0 Å². The molecule has 3 N–H and O–H groups in total. The summed E-state index contributed by atoms with van der Waals surface area (Å²) in [4.78, 5) is 14.1. The fraction of sp³-hybridized carbons (Fsp3) is 0.615. The number of aromatic nitrogens is 1. The Bertz CT molecular complexity index is 374. The Morgan fingerprint density at radius 2 is 2.28 bits per heavy atom. The Balaban J connectivity index is 2.47. The molecule has 0 saturated heterocycles. The van der Waals surface area contributed by atoms with E-state index in [1.54, 1.807) is 12.3 Å². The van der Waals surface area contributed by atoms with E-state index in [0.717, 1.165) is 12.0 Å². The van der Waals surface area contributed by atoms with Crippen molar-refractivity contribution in [3.63, 3.8) is 0 Å². The van der Waals surface area contributed by atoms with Gasteiger partial charge in [-0.3, -0.25) is 0 Å². The highest BCUT2D eigenvalue weighted by Crippen LogP contribution is 2.08. The maximum atomic E-state index is 11.3. The third-order valence-electron chi connectivity index (χ3n) is 2.72. The number of hydrogen-bond donors (Lipinski definition) is 3. The number of carbonyl (C=O) groups excluding carboxylic acids is 1. The number of esters is 1. The topological polar surface area (TPSA) is 74.3 Å². The Morgan fingerprint density at radius 3 is 2.83 bits per heavy atom. The highest BCUT2D eigenvalue weighted by Gasteiger charge is 2.11. The number of aromatic amines is 1. The molecule has 18 heavy (non-hydrogen) atoms. The third-order valence-corrected chi connectivity index (χ3v) is 2.72. The van der Waals surface area contributed by atoms with Crippen LogP contribution in [0.1, 0.15) is 36.3 Å². The molecule has 0 spiro atoms. The molecule has 102 valence electrons. The molecule has 1 aromatic rings. The van der Waals surface area contributed by atoms with Crippen molar-refractivity contribution in [3.05, 3.63) is 23.5 Å². The van der Waals surface area contributed by atoms with E-state index in [1.165, 1.54) is 7.11 Å². The highest BCUT2D eigenvalue weighted by molar-refractivity contribution is 5.87. The number of methoxy groups -OCH3 is 1. The Hall–Kier alpha value is -1.33. The summed E-state index contributed by atoms with van der Waals surface area (Å²) in [5.74, 6) is 0.161. The standard InChI is InChI=1S/C13H22N2O3/c1-9(2)4-11(8-16)14-6-10-5-12(15-7-10)13(17)18-3/h5,7,9,11,14-16H,4,6,8H2,1-3H3. The van der Waals surface area contributed by atoms with Gasteiger partial charge in [0.05, 0.1) is 13.7 Å². The summed E-state index contributed by atoms with van der Waals surface area (Å²) in [5.41, 5.74) is 1.41. The summed E-state index contributed by atoms with van der Waals surface area (Å²) in [7, 11) is 1.35. The van der Waals surface area contributed by atoms with E-state index in [-0.39, 0.29) is 18.6 Å². The van der Waals surface area contributed by atoms with E-state index in [1.807, 2.05) is 0 Å². The summed E-state index contributed by atoms with van der Waals surface area (Å²) in [5, 5.41) is 12.5. The number of carbonyl (C=O) groups is 1. The Labute approximate surface area is 108 Å². The quantitative estimate of drug-likeness (QED) is 0.641. The van der Waals surface area contributed by atoms with Gasteiger partial charge in [-0.15, -0.1) is 0 Å². The van der Waals surface area contributed by atoms with Crippen molar-refractivity contribution < 1.29 is 14.6 Å². The van der Waals surface area contributed by atoms with Crippen molar-refractivity contribution >= 4 is 5.97 Å². The molecule has 5 nitrogen and oxygen atoms in total. The van der Waals surface area contributed by atoms with E-state index in [9.17, 15) is 9.90 Å². The van der Waals surface area contributed by atoms with Gasteiger partial charge in [0.25, 0.3) is 0 Å². The highest BCUT2D eigenvalue weighted by atomic mass is 16.5. The van der Waals surface area contributed by atoms with Crippen molar-refractivity contribution in [2.45, 2.75) is 32.9 Å². The lowest BCUT2D eigenvalue weighted by atomic mass is 10.0. The zero-order valence-corrected chi connectivity index (χ0v) is 11.2. The van der Waals surface area contributed by atoms with Gasteiger partial charge in [-0.25, -0.2) is 4.79 Å². The number of aliphatic hydroxyl groups excluding tert-OH is 1. The van der Waals surface area contributed by atoms with Crippen molar-refractivity contribution in [2.24, 2.45) is 5.92 Å². The molecular weight excluding hydrogens is 232 g/mol. The van der Waals surface area contributed by atoms with E-state index in [4.69, 9.17) is 0 Å². The van der Waals surface area contributed by atoms with Gasteiger partial charge in [0.1, 0.15) is 5.69 Å². The number of rotatable bonds is 7. The van der Waals surface area contributed by atoms with Gasteiger partial charge in [-0.1, -0.05) is 13.8 Å². The lowest BCUT2D eigenvalue weighted by molar-refractivity contribution is 0.0595. The number of nitrogens with one attached hydrogen (secondary N) is 2. The van der Waals surface area contributed by atoms with Crippen LogP contribution in [0.2, 0.25) is 0 Å². The summed E-state index contributed by atoms with van der Waals surface area (Å²) in [6, 6.07) is 1.84. The van der Waals surface area contributed by atoms with Gasteiger partial charge in [0.2, 0.25) is 0 Å². The molecule has 0 aliphatic carbocycles. The molecule has 0 aliphatic rings. The zero-order chi connectivity index (χ0) is 13.5. The van der Waals surface area contributed by atoms with E-state index in [0.29, 0.717) is 18.2 Å². The normalized spacial score (nSPS) is 12.7. The molecule has 1 atom stereocenters. The van der Waals surface area contributed by atoms with E-state index >= 15 is 0 Å². The van der Waals surface area contributed by atoms with E-state index in [2.05, 4.69) is 28.9 Å². The molecule has 1 aromatic heterocycles. The van der Waals surface area contributed by atoms with Gasteiger partial charge in [0.15, 0.2) is 0 Å². The maximum Gasteiger partial charge on any atom is 0.354 e. The van der Waals surface area contributed by atoms with E-state index < -0.39 is 0 Å². The lowest BCUT2D eigenvalue weighted by Gasteiger charge is -2.17. The van der Waals surface area contributed by atoms with Gasteiger partial charge >= 0.3 is 5.97 Å². The molecule has 0 aliphatic heterocycles. The first-order valence-electron chi connectivity index (χ1n) is 6.16. The van der Waals surface area contributed by atoms with Crippen molar-refractivity contribution in [2.75, 3.05) is 13.7 Å². The van der Waals surface area contributed by atoms with Crippen LogP contribution in [0.3, 0.4) is 0 Å². The van der Waals surface area contributed by atoms with Gasteiger partial charge in [-0.2, -0.15) is 0 Å². The number of ether oxygens (including phenoxy) is 1. The van der Waals surface area contributed by atoms with Crippen LogP contribution in [0.15, 0.2) is 12.3 Å². The van der Waals surface area contributed by atoms with Crippen LogP contribution in [0.4, 0.5) is 0 Å². The monoisotopic (exact) mass is 254 g/mol. The minimum Gasteiger partial charge on any atom is -0.464 e. The van der Waals surface area contributed by atoms with Crippen LogP contribution in [0, 0.1) is 5.92 Å². The Morgan fingerprint density at radius 1 is 1.56 bits per heavy atom. The molecule has 0 radical (unpaired) electrons. The molecule has 0 fully saturated rings. The summed E-state index contributed by atoms with van der Waals surface area (Å²) in [6.07, 6.45) is 2.69. The van der Waals surface area contributed by atoms with Gasteiger partial charge in [0, 0.05) is 18.8 Å². The molecule has 5 heteroatoms. The van der Waals surface area contributed by atoms with Gasteiger partial charge < -0.3 is 20.1 Å². The molecule has 0 bridgehead atoms. The second kappa shape index (κ2) is 7.18. The Kier molecular flexibility index (Phi) is 5.88. The van der Waals surface area contributed by atoms with Crippen molar-refractivity contribution in [3.8, 4) is 0 Å². The molecule has 0 saturated carbocycles. The van der Waals surface area contributed by atoms with Crippen LogP contribution in [0.25, 0.3) is 0 Å². The zero-order valence-electron chi connectivity index (χ0n) is 11.2. The summed E-state index contributed by atoms with van der Waals surface area (Å²) >= 11 is 0. The summed E-state index contributed by atoms with van der Waals surface area (Å²) in [6.45, 7) is 4.98. The molecule has 1 rings (SSSR count). The second-order valence-electron chi connectivity index (χ2n) is 4.80. The SMILES string of the molecule is COC(=O)c1cc(CNC(CO)CC(C)C)c[nH]1. The van der Waals surface area contributed by atoms with Crippen LogP contribution in [0.5, 0.6) is 0 Å². The molecule has 0 aromatic carbocycles. The fourth-order valence-corrected chi connectivity index (χ4v) is 1.82.